The molecular formula is C26H26FNO2. The molecule has 4 rings (SSSR count). The predicted octanol–water partition coefficient (Wildman–Crippen LogP) is 5.67. The van der Waals surface area contributed by atoms with Crippen LogP contribution in [0.5, 0.6) is 5.75 Å². The Hall–Kier alpha value is -3.14. The maximum atomic E-state index is 13.2. The molecule has 3 nitrogen and oxygen atoms in total. The number of carbonyl (C=O) groups is 1. The minimum Gasteiger partial charge on any atom is -0.484 e. The first kappa shape index (κ1) is 20.1. The van der Waals surface area contributed by atoms with Crippen LogP contribution in [0.3, 0.4) is 0 Å². The molecule has 1 unspecified atom stereocenters. The molecule has 3 aromatic carbocycles. The normalized spacial score (nSPS) is 16.7. The Morgan fingerprint density at radius 3 is 2.33 bits per heavy atom. The second-order valence-electron chi connectivity index (χ2n) is 7.76. The van der Waals surface area contributed by atoms with Crippen LogP contribution in [0.1, 0.15) is 30.7 Å². The van der Waals surface area contributed by atoms with Gasteiger partial charge in [-0.05, 0) is 53.8 Å². The number of rotatable bonds is 5. The van der Waals surface area contributed by atoms with Gasteiger partial charge in [0.2, 0.25) is 0 Å². The van der Waals surface area contributed by atoms with E-state index in [0.29, 0.717) is 12.3 Å². The van der Waals surface area contributed by atoms with Gasteiger partial charge in [-0.2, -0.15) is 0 Å². The molecule has 1 fully saturated rings. The van der Waals surface area contributed by atoms with E-state index in [2.05, 4.69) is 12.1 Å². The second-order valence-corrected chi connectivity index (χ2v) is 7.76. The molecule has 1 aliphatic heterocycles. The summed E-state index contributed by atoms with van der Waals surface area (Å²) in [6.45, 7) is 1.43. The lowest BCUT2D eigenvalue weighted by Gasteiger charge is -2.25. The third-order valence-corrected chi connectivity index (χ3v) is 5.69. The van der Waals surface area contributed by atoms with Crippen LogP contribution >= 0.6 is 0 Å². The highest BCUT2D eigenvalue weighted by Gasteiger charge is 2.23. The SMILES string of the molecule is O=C(COc1ccc(-c2ccccc2)cc1)N1CCCCC(c2ccc(F)cc2)C1. The molecule has 3 aromatic rings. The fourth-order valence-electron chi connectivity index (χ4n) is 3.99. The zero-order valence-corrected chi connectivity index (χ0v) is 17.0. The molecule has 1 saturated heterocycles. The number of carbonyl (C=O) groups excluding carboxylic acids is 1. The van der Waals surface area contributed by atoms with Crippen molar-refractivity contribution in [3.05, 3.63) is 90.2 Å². The number of hydrogen-bond donors (Lipinski definition) is 0. The first-order chi connectivity index (χ1) is 14.7. The number of benzene rings is 3. The Morgan fingerprint density at radius 2 is 1.60 bits per heavy atom. The summed E-state index contributed by atoms with van der Waals surface area (Å²) in [4.78, 5) is 14.7. The lowest BCUT2D eigenvalue weighted by Crippen LogP contribution is -2.37. The number of ether oxygens (including phenoxy) is 1. The Balaban J connectivity index is 1.35. The smallest absolute Gasteiger partial charge is 0.260 e. The van der Waals surface area contributed by atoms with Crippen molar-refractivity contribution in [2.75, 3.05) is 19.7 Å². The van der Waals surface area contributed by atoms with E-state index in [-0.39, 0.29) is 24.2 Å². The first-order valence-corrected chi connectivity index (χ1v) is 10.5. The summed E-state index contributed by atoms with van der Waals surface area (Å²) >= 11 is 0. The Morgan fingerprint density at radius 1 is 0.900 bits per heavy atom. The van der Waals surface area contributed by atoms with Crippen molar-refractivity contribution in [3.8, 4) is 16.9 Å². The fourth-order valence-corrected chi connectivity index (χ4v) is 3.99. The molecule has 0 saturated carbocycles. The molecule has 0 aliphatic carbocycles. The molecule has 0 radical (unpaired) electrons. The number of halogens is 1. The summed E-state index contributed by atoms with van der Waals surface area (Å²) in [6, 6.07) is 24.6. The van der Waals surface area contributed by atoms with E-state index >= 15 is 0 Å². The summed E-state index contributed by atoms with van der Waals surface area (Å²) in [5.74, 6) is 0.693. The predicted molar refractivity (Wildman–Crippen MR) is 117 cm³/mol. The van der Waals surface area contributed by atoms with Gasteiger partial charge in [0.1, 0.15) is 11.6 Å². The standard InChI is InChI=1S/C26H26FNO2/c27-24-13-9-22(10-14-24)23-8-4-5-17-28(18-23)26(29)19-30-25-15-11-21(12-16-25)20-6-2-1-3-7-20/h1-3,6-7,9-16,23H,4-5,8,17-19H2. The average molecular weight is 403 g/mol. The molecule has 1 aliphatic rings. The van der Waals surface area contributed by atoms with E-state index in [1.54, 1.807) is 0 Å². The largest absolute Gasteiger partial charge is 0.484 e. The van der Waals surface area contributed by atoms with Gasteiger partial charge in [0.05, 0.1) is 0 Å². The minimum absolute atomic E-state index is 0.00357. The molecule has 0 N–H and O–H groups in total. The van der Waals surface area contributed by atoms with Crippen molar-refractivity contribution in [3.63, 3.8) is 0 Å². The van der Waals surface area contributed by atoms with Crippen LogP contribution in [-0.4, -0.2) is 30.5 Å². The molecule has 154 valence electrons. The topological polar surface area (TPSA) is 29.5 Å². The summed E-state index contributed by atoms with van der Waals surface area (Å²) < 4.78 is 19.0. The van der Waals surface area contributed by atoms with Gasteiger partial charge in [0, 0.05) is 19.0 Å². The third-order valence-electron chi connectivity index (χ3n) is 5.69. The molecule has 0 bridgehead atoms. The zero-order valence-electron chi connectivity index (χ0n) is 17.0. The van der Waals surface area contributed by atoms with Crippen LogP contribution in [0.2, 0.25) is 0 Å². The van der Waals surface area contributed by atoms with E-state index in [4.69, 9.17) is 4.74 Å². The van der Waals surface area contributed by atoms with Gasteiger partial charge in [0.15, 0.2) is 6.61 Å². The minimum atomic E-state index is -0.230. The monoisotopic (exact) mass is 403 g/mol. The Kier molecular flexibility index (Phi) is 6.43. The first-order valence-electron chi connectivity index (χ1n) is 10.5. The fraction of sp³-hybridized carbons (Fsp3) is 0.269. The van der Waals surface area contributed by atoms with Crippen molar-refractivity contribution >= 4 is 5.91 Å². The summed E-state index contributed by atoms with van der Waals surface area (Å²) in [7, 11) is 0. The van der Waals surface area contributed by atoms with Gasteiger partial charge in [-0.25, -0.2) is 4.39 Å². The number of likely N-dealkylation sites (tertiary alicyclic amines) is 1. The van der Waals surface area contributed by atoms with Gasteiger partial charge in [-0.1, -0.05) is 61.0 Å². The van der Waals surface area contributed by atoms with Crippen molar-refractivity contribution in [2.45, 2.75) is 25.2 Å². The molecule has 1 heterocycles. The van der Waals surface area contributed by atoms with E-state index in [1.807, 2.05) is 59.5 Å². The highest BCUT2D eigenvalue weighted by Crippen LogP contribution is 2.27. The lowest BCUT2D eigenvalue weighted by atomic mass is 9.94. The summed E-state index contributed by atoms with van der Waals surface area (Å²) in [5.41, 5.74) is 3.36. The van der Waals surface area contributed by atoms with E-state index in [9.17, 15) is 9.18 Å². The summed E-state index contributed by atoms with van der Waals surface area (Å²) in [6.07, 6.45) is 3.06. The molecule has 0 spiro atoms. The molecule has 30 heavy (non-hydrogen) atoms. The van der Waals surface area contributed by atoms with E-state index < -0.39 is 0 Å². The molecule has 0 aromatic heterocycles. The maximum Gasteiger partial charge on any atom is 0.260 e. The number of hydrogen-bond acceptors (Lipinski definition) is 2. The van der Waals surface area contributed by atoms with E-state index in [0.717, 1.165) is 42.5 Å². The van der Waals surface area contributed by atoms with Gasteiger partial charge >= 0.3 is 0 Å². The van der Waals surface area contributed by atoms with Crippen molar-refractivity contribution in [1.29, 1.82) is 0 Å². The molecule has 4 heteroatoms. The van der Waals surface area contributed by atoms with Crippen LogP contribution < -0.4 is 4.74 Å². The average Bonchev–Trinajstić information content (AvgIpc) is 3.05. The summed E-state index contributed by atoms with van der Waals surface area (Å²) in [5, 5.41) is 0. The van der Waals surface area contributed by atoms with Crippen LogP contribution in [0, 0.1) is 5.82 Å². The van der Waals surface area contributed by atoms with Gasteiger partial charge in [-0.15, -0.1) is 0 Å². The van der Waals surface area contributed by atoms with E-state index in [1.165, 1.54) is 12.1 Å². The Labute approximate surface area is 177 Å². The highest BCUT2D eigenvalue weighted by atomic mass is 19.1. The van der Waals surface area contributed by atoms with Crippen molar-refractivity contribution < 1.29 is 13.9 Å². The second kappa shape index (κ2) is 9.57. The van der Waals surface area contributed by atoms with Gasteiger partial charge < -0.3 is 9.64 Å². The Bertz CT molecular complexity index is 955. The van der Waals surface area contributed by atoms with Crippen molar-refractivity contribution in [1.82, 2.24) is 4.90 Å². The maximum absolute atomic E-state index is 13.2. The number of nitrogens with zero attached hydrogens (tertiary/aromatic N) is 1. The van der Waals surface area contributed by atoms with Gasteiger partial charge in [-0.3, -0.25) is 4.79 Å². The molecular weight excluding hydrogens is 377 g/mol. The highest BCUT2D eigenvalue weighted by molar-refractivity contribution is 5.78. The van der Waals surface area contributed by atoms with Crippen molar-refractivity contribution in [2.24, 2.45) is 0 Å². The van der Waals surface area contributed by atoms with Crippen LogP contribution in [0.15, 0.2) is 78.9 Å². The van der Waals surface area contributed by atoms with Gasteiger partial charge in [0.25, 0.3) is 5.91 Å². The third kappa shape index (κ3) is 5.07. The van der Waals surface area contributed by atoms with Crippen LogP contribution in [0.25, 0.3) is 11.1 Å². The quantitative estimate of drug-likeness (QED) is 0.549. The lowest BCUT2D eigenvalue weighted by molar-refractivity contribution is -0.133. The molecule has 1 atom stereocenters. The van der Waals surface area contributed by atoms with Crippen LogP contribution in [-0.2, 0) is 4.79 Å². The zero-order chi connectivity index (χ0) is 20.8. The van der Waals surface area contributed by atoms with Crippen LogP contribution in [0.4, 0.5) is 4.39 Å². The number of amides is 1. The molecule has 1 amide bonds.